The maximum atomic E-state index is 11.3. The molecule has 3 nitrogen and oxygen atoms in total. The second-order valence-electron chi connectivity index (χ2n) is 3.51. The number of aryl methyl sites for hydroxylation is 1. The van der Waals surface area contributed by atoms with Crippen LogP contribution in [0.1, 0.15) is 5.56 Å². The van der Waals surface area contributed by atoms with Gasteiger partial charge in [0.2, 0.25) is 0 Å². The monoisotopic (exact) mass is 205 g/mol. The molecule has 80 valence electrons. The summed E-state index contributed by atoms with van der Waals surface area (Å²) in [6.45, 7) is 1.98. The average molecular weight is 205 g/mol. The van der Waals surface area contributed by atoms with Crippen molar-refractivity contribution in [2.75, 3.05) is 14.1 Å². The van der Waals surface area contributed by atoms with Gasteiger partial charge in [-0.2, -0.15) is 0 Å². The van der Waals surface area contributed by atoms with E-state index in [1.54, 1.807) is 23.2 Å². The van der Waals surface area contributed by atoms with Crippen molar-refractivity contribution in [2.45, 2.75) is 6.92 Å². The zero-order chi connectivity index (χ0) is 11.3. The molecule has 0 fully saturated rings. The number of hydrogen-bond donors (Lipinski definition) is 0. The lowest BCUT2D eigenvalue weighted by Crippen LogP contribution is -2.07. The summed E-state index contributed by atoms with van der Waals surface area (Å²) in [5.74, 6) is 0.196. The molecule has 1 aromatic carbocycles. The summed E-state index contributed by atoms with van der Waals surface area (Å²) in [5.41, 5.74) is 1.14. The van der Waals surface area contributed by atoms with Gasteiger partial charge in [-0.1, -0.05) is 17.7 Å². The van der Waals surface area contributed by atoms with Crippen LogP contribution in [0.15, 0.2) is 36.5 Å². The predicted octanol–water partition coefficient (Wildman–Crippen LogP) is 1.98. The molecule has 0 aromatic heterocycles. The lowest BCUT2D eigenvalue weighted by Gasteiger charge is -2.04. The van der Waals surface area contributed by atoms with Crippen molar-refractivity contribution in [3.63, 3.8) is 0 Å². The molecule has 0 heterocycles. The van der Waals surface area contributed by atoms with E-state index in [-0.39, 0.29) is 5.97 Å². The average Bonchev–Trinajstić information content (AvgIpc) is 2.19. The highest BCUT2D eigenvalue weighted by Crippen LogP contribution is 2.11. The minimum absolute atomic E-state index is 0.368. The van der Waals surface area contributed by atoms with Gasteiger partial charge in [-0.25, -0.2) is 4.79 Å². The number of carbonyl (C=O) groups is 1. The summed E-state index contributed by atoms with van der Waals surface area (Å²) < 4.78 is 5.07. The Morgan fingerprint density at radius 2 is 1.87 bits per heavy atom. The largest absolute Gasteiger partial charge is 0.423 e. The number of benzene rings is 1. The van der Waals surface area contributed by atoms with E-state index in [1.807, 2.05) is 33.2 Å². The number of rotatable bonds is 3. The topological polar surface area (TPSA) is 29.5 Å². The quantitative estimate of drug-likeness (QED) is 0.429. The lowest BCUT2D eigenvalue weighted by molar-refractivity contribution is -0.129. The van der Waals surface area contributed by atoms with Crippen molar-refractivity contribution >= 4 is 5.97 Å². The minimum atomic E-state index is -0.368. The van der Waals surface area contributed by atoms with Crippen LogP contribution in [0.25, 0.3) is 0 Å². The third kappa shape index (κ3) is 4.31. The molecule has 0 saturated carbocycles. The number of hydrogen-bond acceptors (Lipinski definition) is 3. The first-order chi connectivity index (χ1) is 7.08. The van der Waals surface area contributed by atoms with Gasteiger partial charge in [0.15, 0.2) is 0 Å². The zero-order valence-electron chi connectivity index (χ0n) is 9.23. The molecule has 3 heteroatoms. The number of carbonyl (C=O) groups excluding carboxylic acids is 1. The molecule has 0 aliphatic rings. The van der Waals surface area contributed by atoms with E-state index < -0.39 is 0 Å². The number of ether oxygens (including phenoxy) is 1. The smallest absolute Gasteiger partial charge is 0.337 e. The summed E-state index contributed by atoms with van der Waals surface area (Å²) in [6, 6.07) is 7.35. The van der Waals surface area contributed by atoms with Gasteiger partial charge < -0.3 is 9.64 Å². The van der Waals surface area contributed by atoms with Crippen LogP contribution in [0.2, 0.25) is 0 Å². The zero-order valence-corrected chi connectivity index (χ0v) is 9.23. The van der Waals surface area contributed by atoms with Gasteiger partial charge in [-0.3, -0.25) is 0 Å². The normalized spacial score (nSPS) is 10.3. The van der Waals surface area contributed by atoms with Crippen molar-refractivity contribution in [2.24, 2.45) is 0 Å². The standard InChI is InChI=1S/C12H15NO2/c1-10-4-6-11(7-5-10)15-12(14)8-9-13(2)3/h4-9H,1-3H3/b9-8+. The van der Waals surface area contributed by atoms with Gasteiger partial charge in [0.1, 0.15) is 5.75 Å². The van der Waals surface area contributed by atoms with Crippen molar-refractivity contribution in [3.8, 4) is 5.75 Å². The molecule has 0 N–H and O–H groups in total. The van der Waals surface area contributed by atoms with Gasteiger partial charge in [0.25, 0.3) is 0 Å². The molecule has 1 aromatic rings. The van der Waals surface area contributed by atoms with Gasteiger partial charge in [0.05, 0.1) is 0 Å². The SMILES string of the molecule is Cc1ccc(OC(=O)/C=C/N(C)C)cc1. The van der Waals surface area contributed by atoms with Crippen LogP contribution in [-0.2, 0) is 4.79 Å². The van der Waals surface area contributed by atoms with Crippen LogP contribution in [0.5, 0.6) is 5.75 Å². The molecule has 0 amide bonds. The molecule has 0 aliphatic carbocycles. The van der Waals surface area contributed by atoms with Crippen molar-refractivity contribution < 1.29 is 9.53 Å². The summed E-state index contributed by atoms with van der Waals surface area (Å²) in [7, 11) is 3.69. The molecule has 0 bridgehead atoms. The lowest BCUT2D eigenvalue weighted by atomic mass is 10.2. The fourth-order valence-corrected chi connectivity index (χ4v) is 0.966. The molecule has 0 unspecified atom stereocenters. The summed E-state index contributed by atoms with van der Waals surface area (Å²) in [5, 5.41) is 0. The van der Waals surface area contributed by atoms with E-state index in [0.29, 0.717) is 5.75 Å². The van der Waals surface area contributed by atoms with E-state index in [4.69, 9.17) is 4.74 Å². The summed E-state index contributed by atoms with van der Waals surface area (Å²) in [6.07, 6.45) is 3.04. The van der Waals surface area contributed by atoms with Gasteiger partial charge >= 0.3 is 5.97 Å². The fraction of sp³-hybridized carbons (Fsp3) is 0.250. The predicted molar refractivity (Wildman–Crippen MR) is 59.6 cm³/mol. The Kier molecular flexibility index (Phi) is 3.92. The van der Waals surface area contributed by atoms with Gasteiger partial charge in [-0.15, -0.1) is 0 Å². The first-order valence-corrected chi connectivity index (χ1v) is 4.71. The summed E-state index contributed by atoms with van der Waals surface area (Å²) >= 11 is 0. The molecule has 1 rings (SSSR count). The van der Waals surface area contributed by atoms with Crippen molar-refractivity contribution in [1.82, 2.24) is 4.90 Å². The molecule has 0 radical (unpaired) electrons. The van der Waals surface area contributed by atoms with Crippen molar-refractivity contribution in [3.05, 3.63) is 42.1 Å². The van der Waals surface area contributed by atoms with Crippen LogP contribution in [-0.4, -0.2) is 25.0 Å². The van der Waals surface area contributed by atoms with E-state index in [9.17, 15) is 4.79 Å². The molecular weight excluding hydrogens is 190 g/mol. The number of nitrogens with zero attached hydrogens (tertiary/aromatic N) is 1. The Hall–Kier alpha value is -1.77. The van der Waals surface area contributed by atoms with Crippen LogP contribution in [0.3, 0.4) is 0 Å². The highest BCUT2D eigenvalue weighted by atomic mass is 16.5. The Balaban J connectivity index is 2.55. The Morgan fingerprint density at radius 1 is 1.27 bits per heavy atom. The highest BCUT2D eigenvalue weighted by molar-refractivity contribution is 5.83. The van der Waals surface area contributed by atoms with E-state index >= 15 is 0 Å². The molecule has 0 atom stereocenters. The second kappa shape index (κ2) is 5.20. The van der Waals surface area contributed by atoms with E-state index in [1.165, 1.54) is 6.08 Å². The van der Waals surface area contributed by atoms with Gasteiger partial charge in [0, 0.05) is 26.4 Å². The third-order valence-electron chi connectivity index (χ3n) is 1.75. The maximum Gasteiger partial charge on any atom is 0.337 e. The Bertz CT molecular complexity index is 352. The number of esters is 1. The third-order valence-corrected chi connectivity index (χ3v) is 1.75. The first-order valence-electron chi connectivity index (χ1n) is 4.71. The molecule has 0 spiro atoms. The summed E-state index contributed by atoms with van der Waals surface area (Å²) in [4.78, 5) is 13.0. The van der Waals surface area contributed by atoms with Crippen LogP contribution in [0.4, 0.5) is 0 Å². The van der Waals surface area contributed by atoms with Gasteiger partial charge in [-0.05, 0) is 19.1 Å². The molecule has 0 saturated heterocycles. The van der Waals surface area contributed by atoms with Crippen molar-refractivity contribution in [1.29, 1.82) is 0 Å². The Morgan fingerprint density at radius 3 is 2.40 bits per heavy atom. The van der Waals surface area contributed by atoms with E-state index in [2.05, 4.69) is 0 Å². The van der Waals surface area contributed by atoms with Crippen LogP contribution < -0.4 is 4.74 Å². The van der Waals surface area contributed by atoms with Crippen LogP contribution in [0, 0.1) is 6.92 Å². The Labute approximate surface area is 90.0 Å². The fourth-order valence-electron chi connectivity index (χ4n) is 0.966. The molecule has 15 heavy (non-hydrogen) atoms. The first kappa shape index (κ1) is 11.3. The van der Waals surface area contributed by atoms with E-state index in [0.717, 1.165) is 5.56 Å². The maximum absolute atomic E-state index is 11.3. The molecule has 0 aliphatic heterocycles. The van der Waals surface area contributed by atoms with Crippen LogP contribution >= 0.6 is 0 Å². The second-order valence-corrected chi connectivity index (χ2v) is 3.51. The minimum Gasteiger partial charge on any atom is -0.423 e. The molecular formula is C12H15NO2. The highest BCUT2D eigenvalue weighted by Gasteiger charge is 1.99.